The first kappa shape index (κ1) is 10.4. The number of nitro benzene ring substituents is 1. The summed E-state index contributed by atoms with van der Waals surface area (Å²) in [7, 11) is 0. The average molecular weight is 240 g/mol. The number of hydrogen-bond donors (Lipinski definition) is 1. The Balaban J connectivity index is 2.53. The summed E-state index contributed by atoms with van der Waals surface area (Å²) in [4.78, 5) is 10.1. The Morgan fingerprint density at radius 2 is 2.12 bits per heavy atom. The van der Waals surface area contributed by atoms with Crippen molar-refractivity contribution in [2.24, 2.45) is 0 Å². The molecule has 0 radical (unpaired) electrons. The van der Waals surface area contributed by atoms with Crippen molar-refractivity contribution in [2.75, 3.05) is 5.73 Å². The zero-order valence-corrected chi connectivity index (χ0v) is 8.64. The van der Waals surface area contributed by atoms with Crippen LogP contribution in [0.4, 0.5) is 11.6 Å². The monoisotopic (exact) mass is 239 g/mol. The molecule has 6 nitrogen and oxygen atoms in total. The fourth-order valence-electron chi connectivity index (χ4n) is 1.25. The molecule has 0 saturated carbocycles. The molecular formula is C9H6ClN3O3. The summed E-state index contributed by atoms with van der Waals surface area (Å²) in [6, 6.07) is 5.62. The molecular weight excluding hydrogens is 234 g/mol. The van der Waals surface area contributed by atoms with Crippen molar-refractivity contribution in [1.82, 2.24) is 5.16 Å². The van der Waals surface area contributed by atoms with Crippen LogP contribution in [0.5, 0.6) is 0 Å². The van der Waals surface area contributed by atoms with Crippen LogP contribution >= 0.6 is 11.6 Å². The van der Waals surface area contributed by atoms with Crippen molar-refractivity contribution in [3.8, 4) is 11.3 Å². The molecule has 1 aromatic heterocycles. The second-order valence-electron chi connectivity index (χ2n) is 3.07. The number of non-ortho nitro benzene ring substituents is 1. The third-order valence-electron chi connectivity index (χ3n) is 1.92. The van der Waals surface area contributed by atoms with E-state index in [1.807, 2.05) is 0 Å². The summed E-state index contributed by atoms with van der Waals surface area (Å²) < 4.78 is 4.67. The Morgan fingerprint density at radius 1 is 1.38 bits per heavy atom. The molecule has 82 valence electrons. The Morgan fingerprint density at radius 3 is 2.69 bits per heavy atom. The van der Waals surface area contributed by atoms with Gasteiger partial charge in [-0.3, -0.25) is 10.1 Å². The number of nitrogens with zero attached hydrogens (tertiary/aromatic N) is 2. The lowest BCUT2D eigenvalue weighted by Gasteiger charge is -1.97. The summed E-state index contributed by atoms with van der Waals surface area (Å²) in [5.41, 5.74) is 6.14. The van der Waals surface area contributed by atoms with E-state index in [0.29, 0.717) is 11.3 Å². The molecule has 2 rings (SSSR count). The number of hydrogen-bond acceptors (Lipinski definition) is 5. The van der Waals surface area contributed by atoms with Gasteiger partial charge in [-0.15, -0.1) is 0 Å². The van der Waals surface area contributed by atoms with Crippen molar-refractivity contribution in [3.05, 3.63) is 39.4 Å². The number of benzene rings is 1. The largest absolute Gasteiger partial charge is 0.368 e. The summed E-state index contributed by atoms with van der Waals surface area (Å²) in [5, 5.41) is 14.5. The van der Waals surface area contributed by atoms with Crippen LogP contribution in [0.2, 0.25) is 5.02 Å². The minimum Gasteiger partial charge on any atom is -0.368 e. The van der Waals surface area contributed by atoms with Crippen LogP contribution in [0.3, 0.4) is 0 Å². The van der Waals surface area contributed by atoms with E-state index in [4.69, 9.17) is 17.3 Å². The molecule has 1 heterocycles. The standard InChI is InChI=1S/C9H6ClN3O3/c10-6-1-5(2-7(3-6)13(14)15)8-4-9(11)16-12-8/h1-4H,11H2. The number of nitrogens with two attached hydrogens (primary N) is 1. The van der Waals surface area contributed by atoms with Gasteiger partial charge >= 0.3 is 0 Å². The van der Waals surface area contributed by atoms with E-state index in [-0.39, 0.29) is 16.6 Å². The molecule has 0 bridgehead atoms. The number of nitro groups is 1. The predicted octanol–water partition coefficient (Wildman–Crippen LogP) is 2.49. The molecule has 7 heteroatoms. The molecule has 0 fully saturated rings. The zero-order chi connectivity index (χ0) is 11.7. The van der Waals surface area contributed by atoms with E-state index in [0.717, 1.165) is 0 Å². The Labute approximate surface area is 94.7 Å². The van der Waals surface area contributed by atoms with Crippen LogP contribution in [0.15, 0.2) is 28.8 Å². The van der Waals surface area contributed by atoms with Gasteiger partial charge in [0.05, 0.1) is 4.92 Å². The number of rotatable bonds is 2. The molecule has 0 atom stereocenters. The van der Waals surface area contributed by atoms with Gasteiger partial charge < -0.3 is 10.3 Å². The molecule has 0 amide bonds. The van der Waals surface area contributed by atoms with Crippen LogP contribution in [-0.4, -0.2) is 10.1 Å². The van der Waals surface area contributed by atoms with Crippen molar-refractivity contribution >= 4 is 23.2 Å². The first-order valence-corrected chi connectivity index (χ1v) is 4.61. The van der Waals surface area contributed by atoms with E-state index in [1.165, 1.54) is 18.2 Å². The Bertz CT molecular complexity index is 553. The lowest BCUT2D eigenvalue weighted by atomic mass is 10.1. The maximum absolute atomic E-state index is 10.6. The van der Waals surface area contributed by atoms with Crippen molar-refractivity contribution in [3.63, 3.8) is 0 Å². The fraction of sp³-hybridized carbons (Fsp3) is 0. The highest BCUT2D eigenvalue weighted by molar-refractivity contribution is 6.31. The molecule has 0 spiro atoms. The van der Waals surface area contributed by atoms with Gasteiger partial charge in [0.25, 0.3) is 5.69 Å². The Hall–Kier alpha value is -2.08. The average Bonchev–Trinajstić information content (AvgIpc) is 2.64. The zero-order valence-electron chi connectivity index (χ0n) is 7.88. The van der Waals surface area contributed by atoms with E-state index in [2.05, 4.69) is 9.68 Å². The highest BCUT2D eigenvalue weighted by atomic mass is 35.5. The van der Waals surface area contributed by atoms with Gasteiger partial charge in [-0.2, -0.15) is 0 Å². The minimum absolute atomic E-state index is 0.107. The van der Waals surface area contributed by atoms with Crippen LogP contribution in [0, 0.1) is 10.1 Å². The van der Waals surface area contributed by atoms with E-state index < -0.39 is 4.92 Å². The number of nitrogen functional groups attached to an aromatic ring is 1. The maximum atomic E-state index is 10.6. The van der Waals surface area contributed by atoms with Gasteiger partial charge in [-0.1, -0.05) is 16.8 Å². The topological polar surface area (TPSA) is 95.2 Å². The second-order valence-corrected chi connectivity index (χ2v) is 3.51. The third-order valence-corrected chi connectivity index (χ3v) is 2.14. The van der Waals surface area contributed by atoms with Gasteiger partial charge in [0.1, 0.15) is 5.69 Å². The normalized spacial score (nSPS) is 10.3. The van der Waals surface area contributed by atoms with E-state index >= 15 is 0 Å². The number of halogens is 1. The van der Waals surface area contributed by atoms with Gasteiger partial charge in [0.15, 0.2) is 0 Å². The van der Waals surface area contributed by atoms with Crippen LogP contribution in [0.25, 0.3) is 11.3 Å². The van der Waals surface area contributed by atoms with Crippen LogP contribution in [-0.2, 0) is 0 Å². The van der Waals surface area contributed by atoms with E-state index in [1.54, 1.807) is 6.07 Å². The summed E-state index contributed by atoms with van der Waals surface area (Å²) in [6.07, 6.45) is 0. The molecule has 2 aromatic rings. The first-order chi connectivity index (χ1) is 7.56. The number of anilines is 1. The second kappa shape index (κ2) is 3.82. The summed E-state index contributed by atoms with van der Waals surface area (Å²) in [6.45, 7) is 0. The highest BCUT2D eigenvalue weighted by Crippen LogP contribution is 2.28. The predicted molar refractivity (Wildman–Crippen MR) is 58.0 cm³/mol. The SMILES string of the molecule is Nc1cc(-c2cc(Cl)cc([N+](=O)[O-])c2)no1. The quantitative estimate of drug-likeness (QED) is 0.642. The summed E-state index contributed by atoms with van der Waals surface area (Å²) in [5.74, 6) is 0.137. The number of aromatic nitrogens is 1. The van der Waals surface area contributed by atoms with Crippen LogP contribution in [0.1, 0.15) is 0 Å². The Kier molecular flexibility index (Phi) is 2.49. The molecule has 1 aromatic carbocycles. The maximum Gasteiger partial charge on any atom is 0.271 e. The molecule has 0 saturated heterocycles. The summed E-state index contributed by atoms with van der Waals surface area (Å²) >= 11 is 5.76. The molecule has 0 aliphatic carbocycles. The lowest BCUT2D eigenvalue weighted by Crippen LogP contribution is -1.88. The van der Waals surface area contributed by atoms with Gasteiger partial charge in [0.2, 0.25) is 5.88 Å². The molecule has 0 aliphatic heterocycles. The molecule has 0 unspecified atom stereocenters. The van der Waals surface area contributed by atoms with Gasteiger partial charge in [0, 0.05) is 28.8 Å². The van der Waals surface area contributed by atoms with Gasteiger partial charge in [-0.25, -0.2) is 0 Å². The van der Waals surface area contributed by atoms with Crippen molar-refractivity contribution in [2.45, 2.75) is 0 Å². The van der Waals surface area contributed by atoms with E-state index in [9.17, 15) is 10.1 Å². The third kappa shape index (κ3) is 1.96. The van der Waals surface area contributed by atoms with Crippen LogP contribution < -0.4 is 5.73 Å². The first-order valence-electron chi connectivity index (χ1n) is 4.24. The molecule has 2 N–H and O–H groups in total. The van der Waals surface area contributed by atoms with Crippen molar-refractivity contribution in [1.29, 1.82) is 0 Å². The van der Waals surface area contributed by atoms with Crippen molar-refractivity contribution < 1.29 is 9.45 Å². The molecule has 0 aliphatic rings. The minimum atomic E-state index is -0.529. The molecule has 16 heavy (non-hydrogen) atoms. The fourth-order valence-corrected chi connectivity index (χ4v) is 1.48. The lowest BCUT2D eigenvalue weighted by molar-refractivity contribution is -0.384. The highest BCUT2D eigenvalue weighted by Gasteiger charge is 2.12. The smallest absolute Gasteiger partial charge is 0.271 e. The van der Waals surface area contributed by atoms with Gasteiger partial charge in [-0.05, 0) is 6.07 Å².